The number of carbonyl (C=O) groups excluding carboxylic acids is 2. The molecule has 0 spiro atoms. The van der Waals surface area contributed by atoms with Crippen molar-refractivity contribution in [3.05, 3.63) is 53.9 Å². The molecule has 1 atom stereocenters. The molecule has 186 valence electrons. The second-order valence-electron chi connectivity index (χ2n) is 8.04. The summed E-state index contributed by atoms with van der Waals surface area (Å²) in [5, 5.41) is 19.9. The maximum Gasteiger partial charge on any atom is 0.319 e. The van der Waals surface area contributed by atoms with E-state index in [-0.39, 0.29) is 36.3 Å². The number of nitrogens with one attached hydrogen (secondary N) is 4. The fourth-order valence-corrected chi connectivity index (χ4v) is 4.03. The quantitative estimate of drug-likeness (QED) is 0.137. The van der Waals surface area contributed by atoms with E-state index < -0.39 is 27.3 Å². The van der Waals surface area contributed by atoms with Gasteiger partial charge < -0.3 is 32.1 Å². The molecule has 3 amide bonds. The number of allylic oxidation sites excluding steroid dienone is 1. The zero-order chi connectivity index (χ0) is 25.3. The first-order valence-corrected chi connectivity index (χ1v) is 12.5. The highest BCUT2D eigenvalue weighted by molar-refractivity contribution is 7.92. The van der Waals surface area contributed by atoms with Gasteiger partial charge in [-0.25, -0.2) is 18.2 Å². The van der Waals surface area contributed by atoms with Crippen LogP contribution < -0.4 is 27.0 Å². The molecule has 0 saturated heterocycles. The number of sulfone groups is 1. The van der Waals surface area contributed by atoms with Gasteiger partial charge in [-0.05, 0) is 50.1 Å². The van der Waals surface area contributed by atoms with Crippen LogP contribution in [0.3, 0.4) is 0 Å². The fraction of sp³-hybridized carbons (Fsp3) is 0.409. The molecule has 12 heteroatoms. The normalized spacial score (nSPS) is 15.3. The highest BCUT2D eigenvalue weighted by Crippen LogP contribution is 2.19. The van der Waals surface area contributed by atoms with Gasteiger partial charge in [0.1, 0.15) is 11.6 Å². The first-order valence-electron chi connectivity index (χ1n) is 10.7. The Morgan fingerprint density at radius 3 is 2.47 bits per heavy atom. The number of nitrogens with zero attached hydrogens (tertiary/aromatic N) is 1. The second kappa shape index (κ2) is 12.2. The number of rotatable bonds is 12. The van der Waals surface area contributed by atoms with Crippen molar-refractivity contribution in [3.8, 4) is 0 Å². The van der Waals surface area contributed by atoms with Crippen molar-refractivity contribution in [3.63, 3.8) is 0 Å². The Morgan fingerprint density at radius 1 is 1.26 bits per heavy atom. The van der Waals surface area contributed by atoms with Crippen molar-refractivity contribution in [1.82, 2.24) is 16.0 Å². The summed E-state index contributed by atoms with van der Waals surface area (Å²) >= 11 is 0. The Bertz CT molecular complexity index is 1060. The highest BCUT2D eigenvalue weighted by Gasteiger charge is 2.23. The molecular weight excluding hydrogens is 460 g/mol. The Kier molecular flexibility index (Phi) is 9.63. The maximum absolute atomic E-state index is 12.5. The number of amides is 3. The zero-order valence-corrected chi connectivity index (χ0v) is 20.1. The number of nitrogens with two attached hydrogens (primary N) is 1. The lowest BCUT2D eigenvalue weighted by atomic mass is 10.2. The Balaban J connectivity index is 2.20. The van der Waals surface area contributed by atoms with Crippen molar-refractivity contribution in [1.29, 1.82) is 0 Å². The molecule has 11 nitrogen and oxygen atoms in total. The number of aliphatic hydroxyl groups excluding tert-OH is 1. The molecule has 1 aliphatic rings. The minimum Gasteiger partial charge on any atom is -0.394 e. The molecule has 1 aromatic carbocycles. The molecule has 34 heavy (non-hydrogen) atoms. The molecule has 0 unspecified atom stereocenters. The highest BCUT2D eigenvalue weighted by atomic mass is 32.2. The number of hydrogen-bond acceptors (Lipinski definition) is 7. The van der Waals surface area contributed by atoms with Crippen LogP contribution in [0.4, 0.5) is 10.5 Å². The molecule has 0 radical (unpaired) electrons. The standard InChI is InChI=1S/C22H32N6O5S/c1-14(25-15(2)11-29)10-19(12-34(32,33)13-20(30)24-3)26-21(23)16-4-6-17(7-5-16)27-22(31)28-18-8-9-18/h4-7,10,15,18,25,29H,1,8-9,11-13H2,2-3H3,(H2,23,26)(H,24,30)(H2,27,28,31)/b19-10-/t15-/m0/s1. The van der Waals surface area contributed by atoms with Crippen LogP contribution in [0, 0.1) is 0 Å². The van der Waals surface area contributed by atoms with Crippen LogP contribution in [-0.4, -0.2) is 68.5 Å². The van der Waals surface area contributed by atoms with E-state index in [9.17, 15) is 23.1 Å². The molecule has 1 aliphatic carbocycles. The van der Waals surface area contributed by atoms with Crippen LogP contribution in [0.5, 0.6) is 0 Å². The molecule has 0 aromatic heterocycles. The van der Waals surface area contributed by atoms with Crippen molar-refractivity contribution in [2.75, 3.05) is 30.5 Å². The average Bonchev–Trinajstić information content (AvgIpc) is 3.56. The first kappa shape index (κ1) is 26.9. The number of anilines is 1. The molecule has 1 saturated carbocycles. The van der Waals surface area contributed by atoms with Crippen LogP contribution in [0.2, 0.25) is 0 Å². The number of urea groups is 1. The van der Waals surface area contributed by atoms with E-state index in [1.807, 2.05) is 0 Å². The summed E-state index contributed by atoms with van der Waals surface area (Å²) in [5.41, 5.74) is 7.57. The Morgan fingerprint density at radius 2 is 1.91 bits per heavy atom. The molecule has 1 aromatic rings. The predicted molar refractivity (Wildman–Crippen MR) is 132 cm³/mol. The lowest BCUT2D eigenvalue weighted by molar-refractivity contribution is -0.118. The number of aliphatic hydroxyl groups is 1. The molecule has 0 heterocycles. The third-order valence-electron chi connectivity index (χ3n) is 4.66. The van der Waals surface area contributed by atoms with Crippen LogP contribution in [0.1, 0.15) is 25.3 Å². The van der Waals surface area contributed by atoms with Crippen LogP contribution in [0.25, 0.3) is 0 Å². The van der Waals surface area contributed by atoms with E-state index in [0.29, 0.717) is 16.9 Å². The fourth-order valence-electron chi connectivity index (χ4n) is 2.78. The number of carbonyl (C=O) groups is 2. The Labute approximate surface area is 199 Å². The van der Waals surface area contributed by atoms with E-state index in [1.165, 1.54) is 13.1 Å². The van der Waals surface area contributed by atoms with Crippen molar-refractivity contribution in [2.24, 2.45) is 10.7 Å². The van der Waals surface area contributed by atoms with Crippen molar-refractivity contribution < 1.29 is 23.1 Å². The summed E-state index contributed by atoms with van der Waals surface area (Å²) in [6.07, 6.45) is 3.36. The van der Waals surface area contributed by atoms with Gasteiger partial charge in [-0.2, -0.15) is 0 Å². The van der Waals surface area contributed by atoms with Gasteiger partial charge in [0.05, 0.1) is 18.1 Å². The smallest absolute Gasteiger partial charge is 0.319 e. The lowest BCUT2D eigenvalue weighted by Gasteiger charge is -2.13. The first-order chi connectivity index (χ1) is 16.0. The number of benzene rings is 1. The van der Waals surface area contributed by atoms with E-state index in [0.717, 1.165) is 12.8 Å². The van der Waals surface area contributed by atoms with Gasteiger partial charge in [0.25, 0.3) is 0 Å². The van der Waals surface area contributed by atoms with Gasteiger partial charge in [0.2, 0.25) is 5.91 Å². The molecule has 2 rings (SSSR count). The van der Waals surface area contributed by atoms with E-state index in [1.54, 1.807) is 31.2 Å². The van der Waals surface area contributed by atoms with Gasteiger partial charge >= 0.3 is 6.03 Å². The van der Waals surface area contributed by atoms with Crippen LogP contribution in [0.15, 0.2) is 53.3 Å². The molecular formula is C22H32N6O5S. The topological polar surface area (TPSA) is 175 Å². The molecule has 7 N–H and O–H groups in total. The predicted octanol–water partition coefficient (Wildman–Crippen LogP) is 0.205. The van der Waals surface area contributed by atoms with Crippen molar-refractivity contribution >= 4 is 33.3 Å². The van der Waals surface area contributed by atoms with Gasteiger partial charge in [0.15, 0.2) is 9.84 Å². The number of amidine groups is 1. The summed E-state index contributed by atoms with van der Waals surface area (Å²) < 4.78 is 24.9. The Hall–Kier alpha value is -3.38. The van der Waals surface area contributed by atoms with Crippen molar-refractivity contribution in [2.45, 2.75) is 31.8 Å². The molecule has 0 bridgehead atoms. The second-order valence-corrected chi connectivity index (χ2v) is 10.1. The zero-order valence-electron chi connectivity index (χ0n) is 19.3. The summed E-state index contributed by atoms with van der Waals surface area (Å²) in [6, 6.07) is 6.22. The minimum absolute atomic E-state index is 0.0402. The molecule has 1 fully saturated rings. The summed E-state index contributed by atoms with van der Waals surface area (Å²) in [4.78, 5) is 27.7. The third kappa shape index (κ3) is 9.63. The van der Waals surface area contributed by atoms with E-state index >= 15 is 0 Å². The largest absolute Gasteiger partial charge is 0.394 e. The van der Waals surface area contributed by atoms with E-state index in [2.05, 4.69) is 32.8 Å². The third-order valence-corrected chi connectivity index (χ3v) is 6.10. The average molecular weight is 493 g/mol. The lowest BCUT2D eigenvalue weighted by Crippen LogP contribution is -2.30. The van der Waals surface area contributed by atoms with Crippen LogP contribution in [-0.2, 0) is 14.6 Å². The summed E-state index contributed by atoms with van der Waals surface area (Å²) in [6.45, 7) is 5.37. The molecule has 0 aliphatic heterocycles. The van der Waals surface area contributed by atoms with Gasteiger partial charge in [-0.15, -0.1) is 0 Å². The van der Waals surface area contributed by atoms with Gasteiger partial charge in [-0.1, -0.05) is 6.58 Å². The maximum atomic E-state index is 12.5. The SMILES string of the molecule is C=C(/C=C(CS(=O)(=O)CC(=O)NC)\N=C(/N)c1ccc(NC(=O)NC2CC2)cc1)N[C@@H](C)CO. The van der Waals surface area contributed by atoms with E-state index in [4.69, 9.17) is 5.73 Å². The monoisotopic (exact) mass is 492 g/mol. The van der Waals surface area contributed by atoms with Gasteiger partial charge in [0, 0.05) is 36.1 Å². The summed E-state index contributed by atoms with van der Waals surface area (Å²) in [5.74, 6) is -1.85. The van der Waals surface area contributed by atoms with Gasteiger partial charge in [-0.3, -0.25) is 4.79 Å². The number of aliphatic imine (C=N–C) groups is 1. The summed E-state index contributed by atoms with van der Waals surface area (Å²) in [7, 11) is -2.49. The minimum atomic E-state index is -3.84. The number of hydrogen-bond donors (Lipinski definition) is 6. The van der Waals surface area contributed by atoms with Crippen LogP contribution >= 0.6 is 0 Å².